The normalized spacial score (nSPS) is 11.3. The van der Waals surface area contributed by atoms with E-state index in [2.05, 4.69) is 0 Å². The minimum atomic E-state index is -0.854. The van der Waals surface area contributed by atoms with Gasteiger partial charge in [0, 0.05) is 17.1 Å². The number of halogens is 1. The van der Waals surface area contributed by atoms with Crippen LogP contribution in [0.25, 0.3) is 0 Å². The van der Waals surface area contributed by atoms with Crippen molar-refractivity contribution in [3.8, 4) is 0 Å². The summed E-state index contributed by atoms with van der Waals surface area (Å²) in [6.45, 7) is 3.45. The van der Waals surface area contributed by atoms with E-state index in [0.717, 1.165) is 0 Å². The standard InChI is InChI=1S/C12H16ClNO3/c1-12(2,16)3-4-17-11(15)8-5-9(13)7-10(14)6-8/h5-7,16H,3-4,14H2,1-2H3. The summed E-state index contributed by atoms with van der Waals surface area (Å²) in [7, 11) is 0. The summed E-state index contributed by atoms with van der Waals surface area (Å²) in [6.07, 6.45) is 0.370. The van der Waals surface area contributed by atoms with Crippen molar-refractivity contribution in [3.05, 3.63) is 28.8 Å². The molecule has 0 aromatic heterocycles. The first-order chi connectivity index (χ1) is 7.78. The Labute approximate surface area is 105 Å². The Morgan fingerprint density at radius 3 is 2.65 bits per heavy atom. The summed E-state index contributed by atoms with van der Waals surface area (Å²) < 4.78 is 5.00. The highest BCUT2D eigenvalue weighted by atomic mass is 35.5. The molecule has 94 valence electrons. The Morgan fingerprint density at radius 2 is 2.12 bits per heavy atom. The minimum Gasteiger partial charge on any atom is -0.462 e. The van der Waals surface area contributed by atoms with E-state index in [1.54, 1.807) is 19.9 Å². The van der Waals surface area contributed by atoms with Gasteiger partial charge in [-0.05, 0) is 32.0 Å². The highest BCUT2D eigenvalue weighted by molar-refractivity contribution is 6.31. The molecule has 17 heavy (non-hydrogen) atoms. The lowest BCUT2D eigenvalue weighted by atomic mass is 10.1. The van der Waals surface area contributed by atoms with Crippen LogP contribution in [0.1, 0.15) is 30.6 Å². The maximum atomic E-state index is 11.6. The van der Waals surface area contributed by atoms with Crippen molar-refractivity contribution in [1.29, 1.82) is 0 Å². The van der Waals surface area contributed by atoms with Gasteiger partial charge in [0.05, 0.1) is 17.8 Å². The third kappa shape index (κ3) is 5.06. The van der Waals surface area contributed by atoms with Gasteiger partial charge in [-0.1, -0.05) is 11.6 Å². The summed E-state index contributed by atoms with van der Waals surface area (Å²) in [5, 5.41) is 9.85. The fraction of sp³-hybridized carbons (Fsp3) is 0.417. The molecule has 3 N–H and O–H groups in total. The zero-order chi connectivity index (χ0) is 13.1. The first-order valence-electron chi connectivity index (χ1n) is 5.23. The van der Waals surface area contributed by atoms with E-state index in [0.29, 0.717) is 22.7 Å². The van der Waals surface area contributed by atoms with Crippen LogP contribution in [0.5, 0.6) is 0 Å². The topological polar surface area (TPSA) is 72.5 Å². The SMILES string of the molecule is CC(C)(O)CCOC(=O)c1cc(N)cc(Cl)c1. The summed E-state index contributed by atoms with van der Waals surface area (Å²) in [5.74, 6) is -0.497. The number of esters is 1. The number of aliphatic hydroxyl groups is 1. The molecule has 0 unspecified atom stereocenters. The maximum Gasteiger partial charge on any atom is 0.338 e. The molecule has 0 atom stereocenters. The molecule has 1 rings (SSSR count). The highest BCUT2D eigenvalue weighted by Gasteiger charge is 2.14. The third-order valence-corrected chi connectivity index (χ3v) is 2.32. The molecule has 1 aromatic rings. The summed E-state index contributed by atoms with van der Waals surface area (Å²) >= 11 is 5.77. The van der Waals surface area contributed by atoms with Gasteiger partial charge in [-0.25, -0.2) is 4.79 Å². The van der Waals surface area contributed by atoms with Crippen LogP contribution < -0.4 is 5.73 Å². The predicted molar refractivity (Wildman–Crippen MR) is 67.1 cm³/mol. The molecule has 0 amide bonds. The van der Waals surface area contributed by atoms with Gasteiger partial charge in [-0.2, -0.15) is 0 Å². The Bertz CT molecular complexity index is 392. The molecule has 1 aromatic carbocycles. The lowest BCUT2D eigenvalue weighted by molar-refractivity contribution is 0.0244. The minimum absolute atomic E-state index is 0.148. The molecule has 0 heterocycles. The number of hydrogen-bond acceptors (Lipinski definition) is 4. The monoisotopic (exact) mass is 257 g/mol. The van der Waals surface area contributed by atoms with Crippen molar-refractivity contribution in [1.82, 2.24) is 0 Å². The molecule has 0 saturated carbocycles. The van der Waals surface area contributed by atoms with Gasteiger partial charge < -0.3 is 15.6 Å². The fourth-order valence-electron chi connectivity index (χ4n) is 1.21. The van der Waals surface area contributed by atoms with Crippen molar-refractivity contribution in [2.24, 2.45) is 0 Å². The van der Waals surface area contributed by atoms with Crippen LogP contribution in [0.2, 0.25) is 5.02 Å². The van der Waals surface area contributed by atoms with Gasteiger partial charge >= 0.3 is 5.97 Å². The van der Waals surface area contributed by atoms with Gasteiger partial charge in [0.2, 0.25) is 0 Å². The predicted octanol–water partition coefficient (Wildman–Crippen LogP) is 2.24. The Hall–Kier alpha value is -1.26. The largest absolute Gasteiger partial charge is 0.462 e. The second-order valence-corrected chi connectivity index (χ2v) is 4.91. The molecule has 0 saturated heterocycles. The average molecular weight is 258 g/mol. The smallest absolute Gasteiger partial charge is 0.338 e. The number of carbonyl (C=O) groups excluding carboxylic acids is 1. The fourth-order valence-corrected chi connectivity index (χ4v) is 1.45. The number of anilines is 1. The van der Waals surface area contributed by atoms with E-state index in [4.69, 9.17) is 22.1 Å². The Balaban J connectivity index is 2.58. The van der Waals surface area contributed by atoms with Gasteiger partial charge in [-0.3, -0.25) is 0 Å². The average Bonchev–Trinajstić information content (AvgIpc) is 2.13. The van der Waals surface area contributed by atoms with Crippen LogP contribution in [0.4, 0.5) is 5.69 Å². The molecule has 4 nitrogen and oxygen atoms in total. The molecule has 5 heteroatoms. The Kier molecular flexibility index (Phi) is 4.37. The van der Waals surface area contributed by atoms with Gasteiger partial charge in [0.25, 0.3) is 0 Å². The number of nitrogen functional groups attached to an aromatic ring is 1. The number of ether oxygens (including phenoxy) is 1. The van der Waals surface area contributed by atoms with Crippen LogP contribution >= 0.6 is 11.6 Å². The quantitative estimate of drug-likeness (QED) is 0.641. The van der Waals surface area contributed by atoms with Crippen molar-refractivity contribution in [2.45, 2.75) is 25.9 Å². The van der Waals surface area contributed by atoms with Crippen molar-refractivity contribution in [3.63, 3.8) is 0 Å². The van der Waals surface area contributed by atoms with Gasteiger partial charge in [-0.15, -0.1) is 0 Å². The number of hydrogen-bond donors (Lipinski definition) is 2. The highest BCUT2D eigenvalue weighted by Crippen LogP contribution is 2.17. The second kappa shape index (κ2) is 5.38. The molecule has 0 bridgehead atoms. The van der Waals surface area contributed by atoms with Crippen molar-refractivity contribution < 1.29 is 14.6 Å². The molecule has 0 aliphatic carbocycles. The second-order valence-electron chi connectivity index (χ2n) is 4.47. The third-order valence-electron chi connectivity index (χ3n) is 2.10. The lowest BCUT2D eigenvalue weighted by Crippen LogP contribution is -2.22. The van der Waals surface area contributed by atoms with Crippen LogP contribution in [-0.2, 0) is 4.74 Å². The zero-order valence-electron chi connectivity index (χ0n) is 9.87. The van der Waals surface area contributed by atoms with Crippen molar-refractivity contribution in [2.75, 3.05) is 12.3 Å². The molecule has 0 aliphatic rings. The van der Waals surface area contributed by atoms with E-state index in [1.807, 2.05) is 0 Å². The summed E-state index contributed by atoms with van der Waals surface area (Å²) in [4.78, 5) is 11.6. The van der Waals surface area contributed by atoms with E-state index in [9.17, 15) is 9.90 Å². The molecular weight excluding hydrogens is 242 g/mol. The van der Waals surface area contributed by atoms with Crippen LogP contribution in [0, 0.1) is 0 Å². The molecular formula is C12H16ClNO3. The zero-order valence-corrected chi connectivity index (χ0v) is 10.6. The number of benzene rings is 1. The van der Waals surface area contributed by atoms with E-state index in [1.165, 1.54) is 12.1 Å². The van der Waals surface area contributed by atoms with Crippen LogP contribution in [-0.4, -0.2) is 23.3 Å². The summed E-state index contributed by atoms with van der Waals surface area (Å²) in [6, 6.07) is 4.54. The first-order valence-corrected chi connectivity index (χ1v) is 5.61. The maximum absolute atomic E-state index is 11.6. The van der Waals surface area contributed by atoms with E-state index in [-0.39, 0.29) is 6.61 Å². The Morgan fingerprint density at radius 1 is 1.47 bits per heavy atom. The van der Waals surface area contributed by atoms with Gasteiger partial charge in [0.15, 0.2) is 0 Å². The van der Waals surface area contributed by atoms with Crippen molar-refractivity contribution >= 4 is 23.3 Å². The molecule has 0 aliphatic heterocycles. The number of nitrogens with two attached hydrogens (primary N) is 1. The molecule has 0 radical (unpaired) electrons. The lowest BCUT2D eigenvalue weighted by Gasteiger charge is -2.16. The van der Waals surface area contributed by atoms with Crippen LogP contribution in [0.3, 0.4) is 0 Å². The molecule has 0 fully saturated rings. The van der Waals surface area contributed by atoms with E-state index >= 15 is 0 Å². The molecule has 0 spiro atoms. The first kappa shape index (κ1) is 13.8. The van der Waals surface area contributed by atoms with E-state index < -0.39 is 11.6 Å². The summed E-state index contributed by atoms with van der Waals surface area (Å²) in [5.41, 5.74) is 5.43. The van der Waals surface area contributed by atoms with Crippen LogP contribution in [0.15, 0.2) is 18.2 Å². The number of carbonyl (C=O) groups is 1. The number of rotatable bonds is 4. The van der Waals surface area contributed by atoms with Gasteiger partial charge in [0.1, 0.15) is 0 Å².